The van der Waals surface area contributed by atoms with Crippen molar-refractivity contribution < 1.29 is 28.2 Å². The fourth-order valence-electron chi connectivity index (χ4n) is 2.47. The average Bonchev–Trinajstić information content (AvgIpc) is 2.98. The van der Waals surface area contributed by atoms with Crippen LogP contribution >= 0.6 is 12.4 Å². The van der Waals surface area contributed by atoms with E-state index in [1.165, 1.54) is 24.3 Å². The van der Waals surface area contributed by atoms with Crippen molar-refractivity contribution >= 4 is 30.0 Å². The molecule has 1 aromatic rings. The summed E-state index contributed by atoms with van der Waals surface area (Å²) in [4.78, 5) is 24.9. The molecule has 2 N–H and O–H groups in total. The number of ether oxygens (including phenoxy) is 1. The molecule has 2 rings (SSSR count). The monoisotopic (exact) mass is 364 g/mol. The maximum atomic E-state index is 12.2. The lowest BCUT2D eigenvalue weighted by atomic mass is 10.1. The van der Waals surface area contributed by atoms with E-state index in [4.69, 9.17) is 5.11 Å². The van der Waals surface area contributed by atoms with Crippen LogP contribution in [0.25, 0.3) is 0 Å². The largest absolute Gasteiger partial charge is 0.481 e. The van der Waals surface area contributed by atoms with Gasteiger partial charge in [-0.25, -0.2) is 0 Å². The normalized spacial score (nSPS) is 18.8. The maximum absolute atomic E-state index is 12.2. The van der Waals surface area contributed by atoms with Gasteiger partial charge in [0.1, 0.15) is 5.75 Å². The SMILES string of the molecule is CC(C(=O)Nc1ccc(OC(F)F)cc1)N1CCC(C(=O)O)C1.Cl. The molecule has 24 heavy (non-hydrogen) atoms. The van der Waals surface area contributed by atoms with Crippen LogP contribution in [-0.2, 0) is 9.59 Å². The molecule has 1 aliphatic rings. The predicted octanol–water partition coefficient (Wildman–Crippen LogP) is 2.44. The third kappa shape index (κ3) is 5.31. The van der Waals surface area contributed by atoms with Crippen LogP contribution in [0.5, 0.6) is 5.75 Å². The summed E-state index contributed by atoms with van der Waals surface area (Å²) < 4.78 is 28.3. The first-order valence-electron chi connectivity index (χ1n) is 7.19. The molecule has 0 aliphatic carbocycles. The van der Waals surface area contributed by atoms with Crippen molar-refractivity contribution in [3.63, 3.8) is 0 Å². The summed E-state index contributed by atoms with van der Waals surface area (Å²) in [6.45, 7) is -0.307. The van der Waals surface area contributed by atoms with Crippen molar-refractivity contribution in [1.82, 2.24) is 4.90 Å². The van der Waals surface area contributed by atoms with Crippen molar-refractivity contribution in [2.45, 2.75) is 26.0 Å². The molecule has 9 heteroatoms. The molecule has 0 bridgehead atoms. The third-order valence-electron chi connectivity index (χ3n) is 3.84. The number of aliphatic carboxylic acids is 1. The molecule has 0 saturated carbocycles. The van der Waals surface area contributed by atoms with Crippen molar-refractivity contribution in [3.05, 3.63) is 24.3 Å². The van der Waals surface area contributed by atoms with Gasteiger partial charge in [0, 0.05) is 12.2 Å². The van der Waals surface area contributed by atoms with Crippen molar-refractivity contribution in [3.8, 4) is 5.75 Å². The van der Waals surface area contributed by atoms with Gasteiger partial charge in [-0.2, -0.15) is 8.78 Å². The summed E-state index contributed by atoms with van der Waals surface area (Å²) in [7, 11) is 0. The first kappa shape index (κ1) is 20.1. The van der Waals surface area contributed by atoms with Crippen LogP contribution < -0.4 is 10.1 Å². The highest BCUT2D eigenvalue weighted by atomic mass is 35.5. The van der Waals surface area contributed by atoms with E-state index in [0.717, 1.165) is 0 Å². The van der Waals surface area contributed by atoms with Gasteiger partial charge >= 0.3 is 12.6 Å². The van der Waals surface area contributed by atoms with Crippen LogP contribution in [0, 0.1) is 5.92 Å². The number of carboxylic acid groups (broad SMARTS) is 1. The van der Waals surface area contributed by atoms with Crippen molar-refractivity contribution in [2.24, 2.45) is 5.92 Å². The number of alkyl halides is 2. The average molecular weight is 365 g/mol. The summed E-state index contributed by atoms with van der Waals surface area (Å²) in [5.41, 5.74) is 0.456. The second-order valence-corrected chi connectivity index (χ2v) is 5.39. The number of amides is 1. The number of nitrogens with one attached hydrogen (secondary N) is 1. The lowest BCUT2D eigenvalue weighted by Gasteiger charge is -2.23. The van der Waals surface area contributed by atoms with Gasteiger partial charge in [-0.05, 0) is 44.2 Å². The number of carboxylic acids is 1. The molecule has 0 spiro atoms. The molecule has 2 atom stereocenters. The highest BCUT2D eigenvalue weighted by Gasteiger charge is 2.33. The molecular weight excluding hydrogens is 346 g/mol. The molecule has 1 heterocycles. The first-order valence-corrected chi connectivity index (χ1v) is 7.19. The Bertz CT molecular complexity index is 571. The Morgan fingerprint density at radius 3 is 2.46 bits per heavy atom. The minimum absolute atomic E-state index is 0. The molecule has 0 radical (unpaired) electrons. The Balaban J connectivity index is 0.00000288. The Hall–Kier alpha value is -1.93. The molecule has 1 amide bonds. The quantitative estimate of drug-likeness (QED) is 0.810. The van der Waals surface area contributed by atoms with Crippen LogP contribution in [-0.4, -0.2) is 47.6 Å². The zero-order valence-corrected chi connectivity index (χ0v) is 13.8. The van der Waals surface area contributed by atoms with Crippen LogP contribution in [0.1, 0.15) is 13.3 Å². The lowest BCUT2D eigenvalue weighted by Crippen LogP contribution is -2.41. The molecule has 0 aromatic heterocycles. The standard InChI is InChI=1S/C15H18F2N2O4.ClH/c1-9(19-7-6-10(8-19)14(21)22)13(20)18-11-2-4-12(5-3-11)23-15(16)17;/h2-5,9-10,15H,6-8H2,1H3,(H,18,20)(H,21,22);1H. The van der Waals surface area contributed by atoms with Gasteiger partial charge < -0.3 is 15.2 Å². The van der Waals surface area contributed by atoms with E-state index >= 15 is 0 Å². The molecule has 1 aromatic carbocycles. The number of anilines is 1. The van der Waals surface area contributed by atoms with Gasteiger partial charge in [-0.15, -0.1) is 12.4 Å². The Morgan fingerprint density at radius 2 is 1.96 bits per heavy atom. The van der Waals surface area contributed by atoms with E-state index in [0.29, 0.717) is 25.2 Å². The molecule has 1 fully saturated rings. The van der Waals surface area contributed by atoms with E-state index in [1.54, 1.807) is 6.92 Å². The molecule has 1 saturated heterocycles. The zero-order valence-electron chi connectivity index (χ0n) is 12.9. The summed E-state index contributed by atoms with van der Waals surface area (Å²) in [5, 5.41) is 11.7. The minimum Gasteiger partial charge on any atom is -0.481 e. The van der Waals surface area contributed by atoms with Gasteiger partial charge in [0.05, 0.1) is 12.0 Å². The minimum atomic E-state index is -2.90. The lowest BCUT2D eigenvalue weighted by molar-refractivity contribution is -0.141. The summed E-state index contributed by atoms with van der Waals surface area (Å²) in [6, 6.07) is 5.13. The van der Waals surface area contributed by atoms with Gasteiger partial charge in [-0.3, -0.25) is 14.5 Å². The summed E-state index contributed by atoms with van der Waals surface area (Å²) >= 11 is 0. The number of halogens is 3. The molecule has 1 aliphatic heterocycles. The molecular formula is C15H19ClF2N2O4. The van der Waals surface area contributed by atoms with Crippen molar-refractivity contribution in [2.75, 3.05) is 18.4 Å². The predicted molar refractivity (Wildman–Crippen MR) is 85.7 cm³/mol. The Kier molecular flexibility index (Phi) is 7.37. The number of carbonyl (C=O) groups is 2. The van der Waals surface area contributed by atoms with E-state index in [9.17, 15) is 18.4 Å². The maximum Gasteiger partial charge on any atom is 0.387 e. The number of likely N-dealkylation sites (tertiary alicyclic amines) is 1. The molecule has 6 nitrogen and oxygen atoms in total. The first-order chi connectivity index (χ1) is 10.9. The van der Waals surface area contributed by atoms with E-state index in [2.05, 4.69) is 10.1 Å². The Morgan fingerprint density at radius 1 is 1.33 bits per heavy atom. The molecule has 2 unspecified atom stereocenters. The van der Waals surface area contributed by atoms with Gasteiger partial charge in [-0.1, -0.05) is 0 Å². The second kappa shape index (κ2) is 8.79. The highest BCUT2D eigenvalue weighted by molar-refractivity contribution is 5.94. The fraction of sp³-hybridized carbons (Fsp3) is 0.467. The van der Waals surface area contributed by atoms with Crippen LogP contribution in [0.15, 0.2) is 24.3 Å². The fourth-order valence-corrected chi connectivity index (χ4v) is 2.47. The number of rotatable bonds is 6. The number of hydrogen-bond acceptors (Lipinski definition) is 4. The van der Waals surface area contributed by atoms with Crippen LogP contribution in [0.2, 0.25) is 0 Å². The summed E-state index contributed by atoms with van der Waals surface area (Å²) in [5.74, 6) is -1.57. The number of hydrogen-bond donors (Lipinski definition) is 2. The number of benzene rings is 1. The second-order valence-electron chi connectivity index (χ2n) is 5.39. The smallest absolute Gasteiger partial charge is 0.387 e. The van der Waals surface area contributed by atoms with Crippen molar-refractivity contribution in [1.29, 1.82) is 0 Å². The van der Waals surface area contributed by atoms with Crippen LogP contribution in [0.3, 0.4) is 0 Å². The Labute approximate surface area is 144 Å². The van der Waals surface area contributed by atoms with E-state index in [1.807, 2.05) is 4.90 Å². The highest BCUT2D eigenvalue weighted by Crippen LogP contribution is 2.21. The van der Waals surface area contributed by atoms with Crippen LogP contribution in [0.4, 0.5) is 14.5 Å². The third-order valence-corrected chi connectivity index (χ3v) is 3.84. The topological polar surface area (TPSA) is 78.9 Å². The summed E-state index contributed by atoms with van der Waals surface area (Å²) in [6.07, 6.45) is 0.520. The van der Waals surface area contributed by atoms with E-state index < -0.39 is 24.5 Å². The van der Waals surface area contributed by atoms with Gasteiger partial charge in [0.2, 0.25) is 5.91 Å². The molecule has 134 valence electrons. The van der Waals surface area contributed by atoms with Gasteiger partial charge in [0.15, 0.2) is 0 Å². The number of carbonyl (C=O) groups excluding carboxylic acids is 1. The zero-order chi connectivity index (χ0) is 17.0. The number of nitrogens with zero attached hydrogens (tertiary/aromatic N) is 1. The van der Waals surface area contributed by atoms with E-state index in [-0.39, 0.29) is 24.1 Å². The van der Waals surface area contributed by atoms with Gasteiger partial charge in [0.25, 0.3) is 0 Å².